The molecule has 9 heteroatoms. The maximum atomic E-state index is 12.2. The fourth-order valence-corrected chi connectivity index (χ4v) is 3.69. The Balaban J connectivity index is 2.25. The van der Waals surface area contributed by atoms with Gasteiger partial charge in [-0.1, -0.05) is 6.07 Å². The first-order valence-electron chi connectivity index (χ1n) is 5.67. The van der Waals surface area contributed by atoms with Gasteiger partial charge < -0.3 is 10.1 Å². The van der Waals surface area contributed by atoms with Gasteiger partial charge in [0.1, 0.15) is 5.82 Å². The van der Waals surface area contributed by atoms with Crippen molar-refractivity contribution in [2.24, 2.45) is 0 Å². The maximum Gasteiger partial charge on any atom is 0.305 e. The van der Waals surface area contributed by atoms with E-state index < -0.39 is 22.0 Å². The van der Waals surface area contributed by atoms with Crippen LogP contribution >= 0.6 is 11.3 Å². The van der Waals surface area contributed by atoms with E-state index in [9.17, 15) is 13.2 Å². The van der Waals surface area contributed by atoms with E-state index in [4.69, 9.17) is 5.11 Å². The summed E-state index contributed by atoms with van der Waals surface area (Å²) in [6, 6.07) is 2.63. The van der Waals surface area contributed by atoms with Gasteiger partial charge in [-0.15, -0.1) is 11.3 Å². The number of hydrogen-bond donors (Lipinski definition) is 3. The molecule has 0 aromatic carbocycles. The fraction of sp³-hybridized carbons (Fsp3) is 0.273. The summed E-state index contributed by atoms with van der Waals surface area (Å²) in [6.45, 7) is 1.63. The largest absolute Gasteiger partial charge is 0.481 e. The van der Waals surface area contributed by atoms with Crippen LogP contribution in [-0.4, -0.2) is 29.5 Å². The van der Waals surface area contributed by atoms with Crippen LogP contribution in [0.2, 0.25) is 0 Å². The molecule has 0 saturated carbocycles. The summed E-state index contributed by atoms with van der Waals surface area (Å²) >= 11 is 1.30. The summed E-state index contributed by atoms with van der Waals surface area (Å²) < 4.78 is 26.7. The lowest BCUT2D eigenvalue weighted by Gasteiger charge is -2.14. The summed E-state index contributed by atoms with van der Waals surface area (Å²) in [7, 11) is -3.84. The highest BCUT2D eigenvalue weighted by Crippen LogP contribution is 2.24. The normalized spacial score (nSPS) is 13.2. The molecule has 0 fully saturated rings. The number of aryl methyl sites for hydroxylation is 1. The van der Waals surface area contributed by atoms with E-state index in [-0.39, 0.29) is 11.4 Å². The third-order valence-electron chi connectivity index (χ3n) is 2.53. The third kappa shape index (κ3) is 3.44. The van der Waals surface area contributed by atoms with E-state index in [1.54, 1.807) is 24.4 Å². The van der Waals surface area contributed by atoms with Crippen LogP contribution in [0.15, 0.2) is 28.7 Å². The van der Waals surface area contributed by atoms with Crippen molar-refractivity contribution in [2.75, 3.05) is 0 Å². The molecule has 2 aromatic heterocycles. The highest BCUT2D eigenvalue weighted by Gasteiger charge is 2.25. The minimum Gasteiger partial charge on any atom is -0.481 e. The van der Waals surface area contributed by atoms with E-state index in [0.29, 0.717) is 10.7 Å². The van der Waals surface area contributed by atoms with Crippen LogP contribution in [0, 0.1) is 6.92 Å². The van der Waals surface area contributed by atoms with E-state index in [0.717, 1.165) is 0 Å². The monoisotopic (exact) mass is 315 g/mol. The van der Waals surface area contributed by atoms with E-state index in [1.165, 1.54) is 17.5 Å². The molecule has 1 unspecified atom stereocenters. The molecule has 0 aliphatic carbocycles. The molecule has 0 aliphatic rings. The number of aromatic amines is 1. The maximum absolute atomic E-state index is 12.2. The summed E-state index contributed by atoms with van der Waals surface area (Å²) in [6.07, 6.45) is 0.872. The molecule has 108 valence electrons. The first kappa shape index (κ1) is 14.7. The SMILES string of the molecule is Cc1ncc(S(=O)(=O)NC(CC(=O)O)c2cccs2)[nH]1. The van der Waals surface area contributed by atoms with Crippen molar-refractivity contribution in [3.63, 3.8) is 0 Å². The number of thiophene rings is 1. The Bertz CT molecular complexity index is 691. The highest BCUT2D eigenvalue weighted by molar-refractivity contribution is 7.89. The standard InChI is InChI=1S/C11H13N3O4S2/c1-7-12-6-10(13-7)20(17,18)14-8(5-11(15)16)9-3-2-4-19-9/h2-4,6,8,14H,5H2,1H3,(H,12,13)(H,15,16). The van der Waals surface area contributed by atoms with Gasteiger partial charge in [0.15, 0.2) is 5.03 Å². The zero-order valence-corrected chi connectivity index (χ0v) is 12.2. The van der Waals surface area contributed by atoms with Crippen LogP contribution in [0.4, 0.5) is 0 Å². The number of nitrogens with zero attached hydrogens (tertiary/aromatic N) is 1. The molecule has 0 amide bonds. The van der Waals surface area contributed by atoms with Crippen molar-refractivity contribution in [3.05, 3.63) is 34.4 Å². The second-order valence-corrected chi connectivity index (χ2v) is 6.78. The Kier molecular flexibility index (Phi) is 4.21. The molecule has 2 rings (SSSR count). The Morgan fingerprint density at radius 3 is 2.85 bits per heavy atom. The van der Waals surface area contributed by atoms with E-state index >= 15 is 0 Å². The molecule has 1 atom stereocenters. The van der Waals surface area contributed by atoms with Crippen molar-refractivity contribution >= 4 is 27.3 Å². The van der Waals surface area contributed by atoms with E-state index in [1.807, 2.05) is 0 Å². The average molecular weight is 315 g/mol. The van der Waals surface area contributed by atoms with Crippen molar-refractivity contribution in [2.45, 2.75) is 24.4 Å². The van der Waals surface area contributed by atoms with Crippen LogP contribution in [0.5, 0.6) is 0 Å². The van der Waals surface area contributed by atoms with Crippen LogP contribution < -0.4 is 4.72 Å². The van der Waals surface area contributed by atoms with Crippen LogP contribution in [0.3, 0.4) is 0 Å². The molecule has 0 bridgehead atoms. The summed E-state index contributed by atoms with van der Waals surface area (Å²) in [5.74, 6) is -0.608. The lowest BCUT2D eigenvalue weighted by Crippen LogP contribution is -2.30. The molecular weight excluding hydrogens is 302 g/mol. The Hall–Kier alpha value is -1.71. The predicted octanol–water partition coefficient (Wildman–Crippen LogP) is 1.27. The number of sulfonamides is 1. The van der Waals surface area contributed by atoms with Crippen molar-refractivity contribution in [1.29, 1.82) is 0 Å². The van der Waals surface area contributed by atoms with Gasteiger partial charge in [0.05, 0.1) is 18.7 Å². The smallest absolute Gasteiger partial charge is 0.305 e. The number of aromatic nitrogens is 2. The van der Waals surface area contributed by atoms with Crippen LogP contribution in [0.25, 0.3) is 0 Å². The number of carboxylic acids is 1. The lowest BCUT2D eigenvalue weighted by molar-refractivity contribution is -0.137. The molecular formula is C11H13N3O4S2. The van der Waals surface area contributed by atoms with Crippen molar-refractivity contribution < 1.29 is 18.3 Å². The van der Waals surface area contributed by atoms with Gasteiger partial charge in [-0.3, -0.25) is 4.79 Å². The number of imidazole rings is 1. The van der Waals surface area contributed by atoms with Gasteiger partial charge >= 0.3 is 5.97 Å². The Morgan fingerprint density at radius 1 is 1.60 bits per heavy atom. The first-order valence-corrected chi connectivity index (χ1v) is 8.04. The number of carboxylic acid groups (broad SMARTS) is 1. The molecule has 3 N–H and O–H groups in total. The molecule has 0 spiro atoms. The van der Waals surface area contributed by atoms with Gasteiger partial charge in [0, 0.05) is 4.88 Å². The quantitative estimate of drug-likeness (QED) is 0.743. The molecule has 7 nitrogen and oxygen atoms in total. The van der Waals surface area contributed by atoms with Gasteiger partial charge in [0.25, 0.3) is 10.0 Å². The molecule has 20 heavy (non-hydrogen) atoms. The average Bonchev–Trinajstić information content (AvgIpc) is 2.97. The number of carbonyl (C=O) groups is 1. The summed E-state index contributed by atoms with van der Waals surface area (Å²) in [5, 5.41) is 10.6. The predicted molar refractivity (Wildman–Crippen MR) is 73.0 cm³/mol. The fourth-order valence-electron chi connectivity index (χ4n) is 1.65. The van der Waals surface area contributed by atoms with Gasteiger partial charge in [-0.25, -0.2) is 18.1 Å². The second kappa shape index (κ2) is 5.73. The highest BCUT2D eigenvalue weighted by atomic mass is 32.2. The lowest BCUT2D eigenvalue weighted by atomic mass is 10.2. The summed E-state index contributed by atoms with van der Waals surface area (Å²) in [4.78, 5) is 18.0. The number of rotatable bonds is 6. The van der Waals surface area contributed by atoms with Gasteiger partial charge in [-0.2, -0.15) is 0 Å². The molecule has 2 heterocycles. The molecule has 0 saturated heterocycles. The van der Waals surface area contributed by atoms with Crippen molar-refractivity contribution in [1.82, 2.24) is 14.7 Å². The molecule has 0 aliphatic heterocycles. The minimum absolute atomic E-state index is 0.0815. The zero-order valence-electron chi connectivity index (χ0n) is 10.5. The first-order chi connectivity index (χ1) is 9.38. The third-order valence-corrected chi connectivity index (χ3v) is 4.90. The van der Waals surface area contributed by atoms with Gasteiger partial charge in [0.2, 0.25) is 0 Å². The Labute approximate surface area is 119 Å². The minimum atomic E-state index is -3.84. The number of hydrogen-bond acceptors (Lipinski definition) is 5. The topological polar surface area (TPSA) is 112 Å². The van der Waals surface area contributed by atoms with Gasteiger partial charge in [-0.05, 0) is 18.4 Å². The summed E-state index contributed by atoms with van der Waals surface area (Å²) in [5.41, 5.74) is 0. The zero-order chi connectivity index (χ0) is 14.8. The number of H-pyrrole nitrogens is 1. The number of aliphatic carboxylic acids is 1. The molecule has 2 aromatic rings. The number of nitrogens with one attached hydrogen (secondary N) is 2. The van der Waals surface area contributed by atoms with Crippen molar-refractivity contribution in [3.8, 4) is 0 Å². The Morgan fingerprint density at radius 2 is 2.35 bits per heavy atom. The molecule has 0 radical (unpaired) electrons. The second-order valence-electron chi connectivity index (χ2n) is 4.12. The van der Waals surface area contributed by atoms with E-state index in [2.05, 4.69) is 14.7 Å². The van der Waals surface area contributed by atoms with Crippen LogP contribution in [-0.2, 0) is 14.8 Å². The van der Waals surface area contributed by atoms with Crippen LogP contribution in [0.1, 0.15) is 23.2 Å².